The zero-order chi connectivity index (χ0) is 18.9. The van der Waals surface area contributed by atoms with E-state index in [-0.39, 0.29) is 12.1 Å². The van der Waals surface area contributed by atoms with Gasteiger partial charge in [0.05, 0.1) is 4.08 Å². The van der Waals surface area contributed by atoms with Gasteiger partial charge in [-0.25, -0.2) is 0 Å². The fourth-order valence-corrected chi connectivity index (χ4v) is 12.3. The van der Waals surface area contributed by atoms with Crippen molar-refractivity contribution in [2.75, 3.05) is 11.5 Å². The standard InChI is InChI=1S/C23H36O2S2/c1-15(24)25-17-6-9-21(2)16(14-17)4-5-18-19(21)7-10-22(3)20(18)8-11-23(22)26-12-13-27-23/h16-20H,4-14H2,1-3H3. The Morgan fingerprint density at radius 1 is 0.926 bits per heavy atom. The van der Waals surface area contributed by atoms with E-state index in [1.54, 1.807) is 6.92 Å². The van der Waals surface area contributed by atoms with Gasteiger partial charge in [-0.3, -0.25) is 4.79 Å². The Kier molecular flexibility index (Phi) is 4.67. The van der Waals surface area contributed by atoms with Crippen LogP contribution in [0.2, 0.25) is 0 Å². The van der Waals surface area contributed by atoms with Gasteiger partial charge in [0.15, 0.2) is 0 Å². The number of fused-ring (bicyclic) bond motifs is 6. The maximum absolute atomic E-state index is 11.4. The quantitative estimate of drug-likeness (QED) is 0.487. The molecule has 152 valence electrons. The molecule has 2 nitrogen and oxygen atoms in total. The van der Waals surface area contributed by atoms with Crippen molar-refractivity contribution in [1.82, 2.24) is 0 Å². The lowest BCUT2D eigenvalue weighted by Crippen LogP contribution is -2.55. The van der Waals surface area contributed by atoms with Gasteiger partial charge < -0.3 is 4.74 Å². The molecule has 1 aliphatic heterocycles. The number of carbonyl (C=O) groups excluding carboxylic acids is 1. The molecular weight excluding hydrogens is 372 g/mol. The summed E-state index contributed by atoms with van der Waals surface area (Å²) in [5.74, 6) is 6.26. The van der Waals surface area contributed by atoms with Crippen molar-refractivity contribution in [3.63, 3.8) is 0 Å². The molecule has 5 rings (SSSR count). The van der Waals surface area contributed by atoms with Crippen LogP contribution >= 0.6 is 23.5 Å². The van der Waals surface area contributed by atoms with Gasteiger partial charge >= 0.3 is 5.97 Å². The zero-order valence-corrected chi connectivity index (χ0v) is 18.9. The van der Waals surface area contributed by atoms with Crippen LogP contribution in [0.1, 0.15) is 78.6 Å². The Balaban J connectivity index is 1.37. The summed E-state index contributed by atoms with van der Waals surface area (Å²) >= 11 is 4.64. The first-order valence-electron chi connectivity index (χ1n) is 11.3. The Hall–Kier alpha value is 0.170. The van der Waals surface area contributed by atoms with Crippen LogP contribution in [0.25, 0.3) is 0 Å². The van der Waals surface area contributed by atoms with Gasteiger partial charge in [0.1, 0.15) is 6.10 Å². The SMILES string of the molecule is CC(=O)OC1CCC2(C)C(CCC3C2CCC2(C)C3CCC23SCCS3)C1. The number of thioether (sulfide) groups is 2. The van der Waals surface area contributed by atoms with Crippen LogP contribution in [-0.2, 0) is 9.53 Å². The molecule has 0 aromatic carbocycles. The summed E-state index contributed by atoms with van der Waals surface area (Å²) in [6.45, 7) is 6.87. The van der Waals surface area contributed by atoms with Gasteiger partial charge in [-0.15, -0.1) is 23.5 Å². The van der Waals surface area contributed by atoms with Gasteiger partial charge in [0.25, 0.3) is 0 Å². The van der Waals surface area contributed by atoms with E-state index in [1.807, 2.05) is 0 Å². The summed E-state index contributed by atoms with van der Waals surface area (Å²) in [5.41, 5.74) is 1.06. The molecule has 4 aliphatic carbocycles. The highest BCUT2D eigenvalue weighted by atomic mass is 32.2. The maximum Gasteiger partial charge on any atom is 0.302 e. The predicted molar refractivity (Wildman–Crippen MR) is 115 cm³/mol. The van der Waals surface area contributed by atoms with E-state index in [2.05, 4.69) is 37.4 Å². The lowest BCUT2D eigenvalue weighted by atomic mass is 9.45. The molecule has 1 heterocycles. The van der Waals surface area contributed by atoms with Crippen LogP contribution in [-0.4, -0.2) is 27.7 Å². The molecule has 27 heavy (non-hydrogen) atoms. The number of ether oxygens (including phenoxy) is 1. The first-order valence-corrected chi connectivity index (χ1v) is 13.3. The molecule has 0 aromatic rings. The monoisotopic (exact) mass is 408 g/mol. The molecule has 0 N–H and O–H groups in total. The number of carbonyl (C=O) groups is 1. The molecule has 0 bridgehead atoms. The second-order valence-electron chi connectivity index (χ2n) is 10.6. The Bertz CT molecular complexity index is 615. The van der Waals surface area contributed by atoms with Crippen LogP contribution in [0.4, 0.5) is 0 Å². The third-order valence-corrected chi connectivity index (χ3v) is 13.8. The van der Waals surface area contributed by atoms with Gasteiger partial charge in [0.2, 0.25) is 0 Å². The van der Waals surface area contributed by atoms with Crippen LogP contribution in [0.3, 0.4) is 0 Å². The molecule has 1 saturated heterocycles. The number of rotatable bonds is 1. The third kappa shape index (κ3) is 2.71. The normalized spacial score (nSPS) is 50.7. The minimum absolute atomic E-state index is 0.0893. The van der Waals surface area contributed by atoms with Gasteiger partial charge in [-0.1, -0.05) is 13.8 Å². The number of hydrogen-bond donors (Lipinski definition) is 0. The van der Waals surface area contributed by atoms with Crippen molar-refractivity contribution in [1.29, 1.82) is 0 Å². The Morgan fingerprint density at radius 2 is 1.67 bits per heavy atom. The number of hydrogen-bond acceptors (Lipinski definition) is 4. The molecule has 5 fully saturated rings. The highest BCUT2D eigenvalue weighted by Crippen LogP contribution is 2.74. The fraction of sp³-hybridized carbons (Fsp3) is 0.957. The maximum atomic E-state index is 11.4. The summed E-state index contributed by atoms with van der Waals surface area (Å²) in [7, 11) is 0. The van der Waals surface area contributed by atoms with Crippen molar-refractivity contribution < 1.29 is 9.53 Å². The summed E-state index contributed by atoms with van der Waals surface area (Å²) < 4.78 is 6.17. The van der Waals surface area contributed by atoms with Crippen molar-refractivity contribution in [3.8, 4) is 0 Å². The summed E-state index contributed by atoms with van der Waals surface area (Å²) in [5, 5.41) is 0. The van der Waals surface area contributed by atoms with Crippen molar-refractivity contribution in [3.05, 3.63) is 0 Å². The molecular formula is C23H36O2S2. The molecule has 4 heteroatoms. The van der Waals surface area contributed by atoms with E-state index < -0.39 is 0 Å². The molecule has 4 saturated carbocycles. The highest BCUT2D eigenvalue weighted by molar-refractivity contribution is 8.21. The second kappa shape index (κ2) is 6.59. The third-order valence-electron chi connectivity index (χ3n) is 9.75. The minimum atomic E-state index is -0.0893. The average Bonchev–Trinajstić information content (AvgIpc) is 3.21. The summed E-state index contributed by atoms with van der Waals surface area (Å²) in [4.78, 5) is 11.4. The predicted octanol–water partition coefficient (Wildman–Crippen LogP) is 6.14. The highest BCUT2D eigenvalue weighted by Gasteiger charge is 2.66. The molecule has 0 amide bonds. The van der Waals surface area contributed by atoms with Gasteiger partial charge in [-0.05, 0) is 92.3 Å². The van der Waals surface area contributed by atoms with Crippen LogP contribution in [0, 0.1) is 34.5 Å². The lowest BCUT2D eigenvalue weighted by molar-refractivity contribution is -0.159. The zero-order valence-electron chi connectivity index (χ0n) is 17.3. The average molecular weight is 409 g/mol. The van der Waals surface area contributed by atoms with Crippen molar-refractivity contribution >= 4 is 29.5 Å². The summed E-state index contributed by atoms with van der Waals surface area (Å²) in [6, 6.07) is 0. The second-order valence-corrected chi connectivity index (χ2v) is 13.7. The van der Waals surface area contributed by atoms with Crippen LogP contribution in [0.15, 0.2) is 0 Å². The smallest absolute Gasteiger partial charge is 0.302 e. The van der Waals surface area contributed by atoms with E-state index in [4.69, 9.17) is 4.74 Å². The van der Waals surface area contributed by atoms with E-state index in [9.17, 15) is 4.79 Å². The van der Waals surface area contributed by atoms with Crippen molar-refractivity contribution in [2.45, 2.75) is 88.7 Å². The summed E-state index contributed by atoms with van der Waals surface area (Å²) in [6.07, 6.45) is 12.3. The largest absolute Gasteiger partial charge is 0.463 e. The van der Waals surface area contributed by atoms with E-state index in [1.165, 1.54) is 56.5 Å². The fourth-order valence-electron chi connectivity index (χ4n) is 8.45. The first kappa shape index (κ1) is 19.2. The molecule has 0 radical (unpaired) electrons. The Labute approximate surface area is 173 Å². The lowest BCUT2D eigenvalue weighted by Gasteiger charge is -2.61. The first-order chi connectivity index (χ1) is 12.9. The molecule has 5 aliphatic rings. The minimum Gasteiger partial charge on any atom is -0.463 e. The topological polar surface area (TPSA) is 26.3 Å². The molecule has 0 aromatic heterocycles. The van der Waals surface area contributed by atoms with Crippen LogP contribution in [0.5, 0.6) is 0 Å². The van der Waals surface area contributed by atoms with Gasteiger partial charge in [-0.2, -0.15) is 0 Å². The van der Waals surface area contributed by atoms with Gasteiger partial charge in [0, 0.05) is 18.4 Å². The Morgan fingerprint density at radius 3 is 2.41 bits per heavy atom. The molecule has 1 spiro atoms. The van der Waals surface area contributed by atoms with E-state index in [0.29, 0.717) is 14.9 Å². The van der Waals surface area contributed by atoms with E-state index >= 15 is 0 Å². The van der Waals surface area contributed by atoms with E-state index in [0.717, 1.165) is 36.5 Å². The van der Waals surface area contributed by atoms with Crippen LogP contribution < -0.4 is 0 Å². The molecule has 7 unspecified atom stereocenters. The number of esters is 1. The van der Waals surface area contributed by atoms with Crippen molar-refractivity contribution in [2.24, 2.45) is 34.5 Å². The molecule has 7 atom stereocenters.